The summed E-state index contributed by atoms with van der Waals surface area (Å²) in [6, 6.07) is 3.64. The van der Waals surface area contributed by atoms with Gasteiger partial charge in [0, 0.05) is 30.9 Å². The number of aromatic nitrogens is 1. The smallest absolute Gasteiger partial charge is 0.264 e. The van der Waals surface area contributed by atoms with Gasteiger partial charge in [-0.3, -0.25) is 9.78 Å². The zero-order valence-corrected chi connectivity index (χ0v) is 21.5. The van der Waals surface area contributed by atoms with Crippen molar-refractivity contribution < 1.29 is 31.1 Å². The quantitative estimate of drug-likeness (QED) is 0.337. The Hall–Kier alpha value is -3.02. The van der Waals surface area contributed by atoms with Crippen LogP contribution in [0.2, 0.25) is 0 Å². The first-order valence-electron chi connectivity index (χ1n) is 11.1. The normalized spacial score (nSPS) is 17.0. The average molecular weight is 581 g/mol. The summed E-state index contributed by atoms with van der Waals surface area (Å²) in [7, 11) is 0. The van der Waals surface area contributed by atoms with Crippen LogP contribution in [0.4, 0.5) is 37.7 Å². The summed E-state index contributed by atoms with van der Waals surface area (Å²) >= 11 is 0. The second-order valence-electron chi connectivity index (χ2n) is 8.80. The van der Waals surface area contributed by atoms with E-state index in [1.54, 1.807) is 6.07 Å². The van der Waals surface area contributed by atoms with Gasteiger partial charge in [-0.1, -0.05) is 6.92 Å². The van der Waals surface area contributed by atoms with E-state index in [0.29, 0.717) is 37.0 Å². The molecule has 0 radical (unpaired) electrons. The minimum Gasteiger partial charge on any atom is -0.368 e. The highest BCUT2D eigenvalue weighted by atomic mass is 35.5. The number of nitrogens with one attached hydrogen (secondary N) is 1. The number of carbonyl (C=O) groups excluding carboxylic acids is 1. The summed E-state index contributed by atoms with van der Waals surface area (Å²) in [5.74, 6) is -6.85. The minimum absolute atomic E-state index is 0. The van der Waals surface area contributed by atoms with Crippen molar-refractivity contribution in [1.29, 1.82) is 0 Å². The first kappa shape index (κ1) is 31.2. The molecule has 1 fully saturated rings. The number of nitrogens with zero attached hydrogens (tertiary/aromatic N) is 2. The second-order valence-corrected chi connectivity index (χ2v) is 8.80. The Morgan fingerprint density at radius 3 is 2.29 bits per heavy atom. The van der Waals surface area contributed by atoms with Crippen LogP contribution in [0.5, 0.6) is 0 Å². The molecular formula is C25H24Cl2F6N4O. The van der Waals surface area contributed by atoms with Crippen LogP contribution in [-0.2, 0) is 0 Å². The molecule has 0 saturated carbocycles. The van der Waals surface area contributed by atoms with Crippen molar-refractivity contribution in [1.82, 2.24) is 4.98 Å². The van der Waals surface area contributed by atoms with Crippen LogP contribution < -0.4 is 16.0 Å². The molecule has 1 aliphatic rings. The SMILES string of the molecule is C[C@@H]1C[C@H](N)CN(c2ccncc2NC(=O)c2ccc(F)c(-c3c(F)cc(C(F)F)cc3F)c2F)C1.Cl.Cl. The number of nitrogens with two attached hydrogens (primary N) is 1. The predicted octanol–water partition coefficient (Wildman–Crippen LogP) is 6.51. The van der Waals surface area contributed by atoms with Crippen LogP contribution in [0, 0.1) is 29.2 Å². The van der Waals surface area contributed by atoms with Gasteiger partial charge in [-0.05, 0) is 42.7 Å². The van der Waals surface area contributed by atoms with Gasteiger partial charge in [-0.25, -0.2) is 26.3 Å². The molecule has 4 rings (SSSR count). The standard InChI is InChI=1S/C25H22F6N4O.2ClH/c1-12-6-14(32)11-35(10-12)20-4-5-33-9-19(20)34-25(36)15-2-3-16(26)22(23(15)29)21-17(27)7-13(24(30)31)8-18(21)28;;/h2-5,7-9,12,14,24H,6,10-11,32H2,1H3,(H,34,36);2*1H/t12-,14+;;/m1../s1. The van der Waals surface area contributed by atoms with Crippen molar-refractivity contribution in [3.63, 3.8) is 0 Å². The Kier molecular flexibility index (Phi) is 10.4. The van der Waals surface area contributed by atoms with E-state index < -0.39 is 57.9 Å². The fourth-order valence-electron chi connectivity index (χ4n) is 4.46. The maximum atomic E-state index is 15.3. The summed E-state index contributed by atoms with van der Waals surface area (Å²) in [4.78, 5) is 18.9. The van der Waals surface area contributed by atoms with Crippen molar-refractivity contribution in [2.24, 2.45) is 11.7 Å². The molecule has 13 heteroatoms. The average Bonchev–Trinajstić information content (AvgIpc) is 2.80. The molecule has 0 unspecified atom stereocenters. The highest BCUT2D eigenvalue weighted by Crippen LogP contribution is 2.35. The van der Waals surface area contributed by atoms with Gasteiger partial charge in [0.1, 0.15) is 23.3 Å². The van der Waals surface area contributed by atoms with Gasteiger partial charge >= 0.3 is 0 Å². The Bertz CT molecular complexity index is 1280. The van der Waals surface area contributed by atoms with E-state index in [-0.39, 0.29) is 42.5 Å². The maximum absolute atomic E-state index is 15.3. The van der Waals surface area contributed by atoms with E-state index in [1.165, 1.54) is 12.4 Å². The third-order valence-electron chi connectivity index (χ3n) is 5.98. The summed E-state index contributed by atoms with van der Waals surface area (Å²) in [6.45, 7) is 3.20. The van der Waals surface area contributed by atoms with Gasteiger partial charge in [0.15, 0.2) is 0 Å². The number of piperidine rings is 1. The molecule has 2 atom stereocenters. The van der Waals surface area contributed by atoms with Gasteiger partial charge in [0.2, 0.25) is 0 Å². The molecule has 1 aromatic heterocycles. The second kappa shape index (κ2) is 12.7. The Morgan fingerprint density at radius 1 is 1.03 bits per heavy atom. The Labute approximate surface area is 227 Å². The third-order valence-corrected chi connectivity index (χ3v) is 5.98. The molecule has 0 spiro atoms. The van der Waals surface area contributed by atoms with Gasteiger partial charge in [0.05, 0.1) is 34.3 Å². The number of anilines is 2. The molecule has 3 N–H and O–H groups in total. The number of hydrogen-bond acceptors (Lipinski definition) is 4. The minimum atomic E-state index is -3.19. The van der Waals surface area contributed by atoms with Gasteiger partial charge in [-0.2, -0.15) is 0 Å². The van der Waals surface area contributed by atoms with Crippen molar-refractivity contribution in [3.8, 4) is 11.1 Å². The Morgan fingerprint density at radius 2 is 1.68 bits per heavy atom. The molecule has 2 aromatic carbocycles. The molecule has 3 aromatic rings. The summed E-state index contributed by atoms with van der Waals surface area (Å²) < 4.78 is 84.5. The van der Waals surface area contributed by atoms with Crippen molar-refractivity contribution >= 4 is 42.1 Å². The molecule has 2 heterocycles. The number of benzene rings is 2. The lowest BCUT2D eigenvalue weighted by Crippen LogP contribution is -2.46. The molecule has 0 bridgehead atoms. The van der Waals surface area contributed by atoms with Gasteiger partial charge in [0.25, 0.3) is 12.3 Å². The number of halogens is 8. The van der Waals surface area contributed by atoms with Crippen molar-refractivity contribution in [2.45, 2.75) is 25.8 Å². The van der Waals surface area contributed by atoms with Crippen LogP contribution in [0.1, 0.15) is 35.7 Å². The highest BCUT2D eigenvalue weighted by Gasteiger charge is 2.28. The van der Waals surface area contributed by atoms with E-state index in [0.717, 1.165) is 12.5 Å². The first-order valence-corrected chi connectivity index (χ1v) is 11.1. The lowest BCUT2D eigenvalue weighted by molar-refractivity contribution is 0.102. The zero-order chi connectivity index (χ0) is 26.1. The van der Waals surface area contributed by atoms with Crippen LogP contribution >= 0.6 is 24.8 Å². The van der Waals surface area contributed by atoms with E-state index in [2.05, 4.69) is 10.3 Å². The van der Waals surface area contributed by atoms with Crippen LogP contribution in [-0.4, -0.2) is 30.0 Å². The van der Waals surface area contributed by atoms with E-state index in [9.17, 15) is 26.7 Å². The molecule has 1 amide bonds. The van der Waals surface area contributed by atoms with Crippen molar-refractivity contribution in [2.75, 3.05) is 23.3 Å². The largest absolute Gasteiger partial charge is 0.368 e. The predicted molar refractivity (Wildman–Crippen MR) is 137 cm³/mol. The lowest BCUT2D eigenvalue weighted by atomic mass is 9.96. The topological polar surface area (TPSA) is 71.2 Å². The monoisotopic (exact) mass is 580 g/mol. The van der Waals surface area contributed by atoms with Gasteiger partial charge in [-0.15, -0.1) is 24.8 Å². The lowest BCUT2D eigenvalue weighted by Gasteiger charge is -2.37. The number of rotatable bonds is 5. The summed E-state index contributed by atoms with van der Waals surface area (Å²) in [5, 5.41) is 2.51. The third kappa shape index (κ3) is 6.33. The molecule has 5 nitrogen and oxygen atoms in total. The number of hydrogen-bond donors (Lipinski definition) is 2. The number of pyridine rings is 1. The molecule has 1 saturated heterocycles. The maximum Gasteiger partial charge on any atom is 0.264 e. The van der Waals surface area contributed by atoms with Crippen LogP contribution in [0.3, 0.4) is 0 Å². The van der Waals surface area contributed by atoms with Crippen LogP contribution in [0.25, 0.3) is 11.1 Å². The summed E-state index contributed by atoms with van der Waals surface area (Å²) in [5.41, 5.74) is 2.87. The van der Waals surface area contributed by atoms with E-state index in [4.69, 9.17) is 5.73 Å². The molecule has 206 valence electrons. The number of carbonyl (C=O) groups is 1. The highest BCUT2D eigenvalue weighted by molar-refractivity contribution is 6.06. The van der Waals surface area contributed by atoms with E-state index in [1.807, 2.05) is 11.8 Å². The molecule has 1 aliphatic heterocycles. The molecule has 38 heavy (non-hydrogen) atoms. The fourth-order valence-corrected chi connectivity index (χ4v) is 4.46. The fraction of sp³-hybridized carbons (Fsp3) is 0.280. The molecular weight excluding hydrogens is 557 g/mol. The summed E-state index contributed by atoms with van der Waals surface area (Å²) in [6.07, 6.45) is 0.503. The van der Waals surface area contributed by atoms with E-state index >= 15 is 4.39 Å². The molecule has 0 aliphatic carbocycles. The number of amides is 1. The van der Waals surface area contributed by atoms with Crippen LogP contribution in [0.15, 0.2) is 42.7 Å². The number of alkyl halides is 2. The van der Waals surface area contributed by atoms with Gasteiger partial charge < -0.3 is 16.0 Å². The zero-order valence-electron chi connectivity index (χ0n) is 19.9. The Balaban J connectivity index is 0.00000253. The van der Waals surface area contributed by atoms with Crippen molar-refractivity contribution in [3.05, 3.63) is 77.1 Å². The first-order chi connectivity index (χ1) is 17.1.